The summed E-state index contributed by atoms with van der Waals surface area (Å²) in [6, 6.07) is 1.82. The van der Waals surface area contributed by atoms with Crippen LogP contribution in [0.5, 0.6) is 0 Å². The summed E-state index contributed by atoms with van der Waals surface area (Å²) >= 11 is 11.9. The van der Waals surface area contributed by atoms with Gasteiger partial charge in [-0.2, -0.15) is 23.5 Å². The quantitative estimate of drug-likeness (QED) is 0.806. The van der Waals surface area contributed by atoms with Crippen molar-refractivity contribution in [2.45, 2.75) is 16.4 Å². The van der Waals surface area contributed by atoms with Crippen LogP contribution in [0.1, 0.15) is 17.2 Å². The molecule has 1 aliphatic rings. The number of hydrogen-bond acceptors (Lipinski definition) is 2. The predicted octanol–water partition coefficient (Wildman–Crippen LogP) is 3.60. The summed E-state index contributed by atoms with van der Waals surface area (Å²) in [5.41, 5.74) is -0.527. The molecule has 0 fully saturated rings. The number of H-pyrrole nitrogens is 1. The van der Waals surface area contributed by atoms with E-state index in [1.54, 1.807) is 0 Å². The Hall–Kier alpha value is -1.45. The smallest absolute Gasteiger partial charge is 0.284 e. The van der Waals surface area contributed by atoms with Gasteiger partial charge in [0.15, 0.2) is 5.69 Å². The van der Waals surface area contributed by atoms with Gasteiger partial charge in [-0.25, -0.2) is 0 Å². The van der Waals surface area contributed by atoms with Crippen molar-refractivity contribution in [3.05, 3.63) is 41.3 Å². The Morgan fingerprint density at radius 2 is 2.11 bits per heavy atom. The van der Waals surface area contributed by atoms with Crippen LogP contribution in [0.25, 0.3) is 0 Å². The van der Waals surface area contributed by atoms with Gasteiger partial charge in [0.1, 0.15) is 10.4 Å². The SMILES string of the molecule is N#Cc1n[nH]cc1C1C=CC(C(F)(F)F)=CC1(Cl)Cl. The highest BCUT2D eigenvalue weighted by atomic mass is 35.5. The van der Waals surface area contributed by atoms with E-state index in [4.69, 9.17) is 28.5 Å². The number of rotatable bonds is 1. The number of nitriles is 1. The second-order valence-electron chi connectivity index (χ2n) is 3.91. The zero-order valence-corrected chi connectivity index (χ0v) is 10.7. The van der Waals surface area contributed by atoms with Crippen LogP contribution in [0.15, 0.2) is 30.0 Å². The summed E-state index contributed by atoms with van der Waals surface area (Å²) in [6.45, 7) is 0. The molecular weight excluding hydrogens is 302 g/mol. The summed E-state index contributed by atoms with van der Waals surface area (Å²) in [5, 5.41) is 15.0. The van der Waals surface area contributed by atoms with E-state index < -0.39 is 22.0 Å². The van der Waals surface area contributed by atoms with Gasteiger partial charge in [-0.1, -0.05) is 35.4 Å². The Balaban J connectivity index is 2.42. The molecule has 1 heterocycles. The first-order valence-corrected chi connectivity index (χ1v) is 5.81. The van der Waals surface area contributed by atoms with Crippen molar-refractivity contribution in [3.63, 3.8) is 0 Å². The average Bonchev–Trinajstić information content (AvgIpc) is 2.74. The number of nitrogens with one attached hydrogen (secondary N) is 1. The van der Waals surface area contributed by atoms with Crippen molar-refractivity contribution >= 4 is 23.2 Å². The van der Waals surface area contributed by atoms with Crippen LogP contribution in [0.3, 0.4) is 0 Å². The summed E-state index contributed by atoms with van der Waals surface area (Å²) in [4.78, 5) is 0. The molecule has 0 radical (unpaired) electrons. The topological polar surface area (TPSA) is 52.5 Å². The van der Waals surface area contributed by atoms with Crippen LogP contribution in [-0.4, -0.2) is 20.7 Å². The fraction of sp³-hybridized carbons (Fsp3) is 0.273. The first-order chi connectivity index (χ1) is 8.75. The number of aromatic nitrogens is 2. The van der Waals surface area contributed by atoms with Gasteiger partial charge < -0.3 is 0 Å². The Morgan fingerprint density at radius 1 is 1.42 bits per heavy atom. The second-order valence-corrected chi connectivity index (χ2v) is 5.35. The first-order valence-electron chi connectivity index (χ1n) is 5.05. The first kappa shape index (κ1) is 14.0. The fourth-order valence-corrected chi connectivity index (χ4v) is 2.40. The van der Waals surface area contributed by atoms with Gasteiger partial charge in [-0.15, -0.1) is 0 Å². The number of nitrogens with zero attached hydrogens (tertiary/aromatic N) is 2. The summed E-state index contributed by atoms with van der Waals surface area (Å²) < 4.78 is 36.0. The zero-order chi connectivity index (χ0) is 14.3. The van der Waals surface area contributed by atoms with Crippen molar-refractivity contribution in [2.24, 2.45) is 0 Å². The molecule has 8 heteroatoms. The van der Waals surface area contributed by atoms with E-state index in [0.29, 0.717) is 5.56 Å². The fourth-order valence-electron chi connectivity index (χ4n) is 1.79. The highest BCUT2D eigenvalue weighted by molar-refractivity contribution is 6.50. The third-order valence-electron chi connectivity index (χ3n) is 2.67. The van der Waals surface area contributed by atoms with E-state index >= 15 is 0 Å². The molecule has 1 aliphatic carbocycles. The maximum absolute atomic E-state index is 12.6. The van der Waals surface area contributed by atoms with E-state index in [1.165, 1.54) is 12.3 Å². The van der Waals surface area contributed by atoms with Crippen molar-refractivity contribution in [3.8, 4) is 6.07 Å². The molecule has 0 aromatic carbocycles. The van der Waals surface area contributed by atoms with Gasteiger partial charge >= 0.3 is 6.18 Å². The van der Waals surface area contributed by atoms with Crippen LogP contribution in [0.2, 0.25) is 0 Å². The van der Waals surface area contributed by atoms with Gasteiger partial charge in [0.2, 0.25) is 0 Å². The molecular formula is C11H6Cl2F3N3. The standard InChI is InChI=1S/C11H6Cl2F3N3/c12-10(13)3-6(11(14,15)16)1-2-8(10)7-5-18-19-9(7)4-17/h1-3,5,8H,(H,18,19). The van der Waals surface area contributed by atoms with Crippen LogP contribution in [0.4, 0.5) is 13.2 Å². The van der Waals surface area contributed by atoms with Crippen LogP contribution in [-0.2, 0) is 0 Å². The molecule has 0 spiro atoms. The highest BCUT2D eigenvalue weighted by Crippen LogP contribution is 2.46. The number of aromatic amines is 1. The zero-order valence-electron chi connectivity index (χ0n) is 9.17. The molecule has 100 valence electrons. The molecule has 1 aromatic heterocycles. The van der Waals surface area contributed by atoms with Gasteiger partial charge in [0.05, 0.1) is 5.57 Å². The lowest BCUT2D eigenvalue weighted by Gasteiger charge is -2.28. The third kappa shape index (κ3) is 2.62. The van der Waals surface area contributed by atoms with Crippen molar-refractivity contribution in [1.29, 1.82) is 5.26 Å². The third-order valence-corrected chi connectivity index (χ3v) is 3.36. The van der Waals surface area contributed by atoms with E-state index in [9.17, 15) is 13.2 Å². The lowest BCUT2D eigenvalue weighted by Crippen LogP contribution is -2.26. The minimum atomic E-state index is -4.52. The lowest BCUT2D eigenvalue weighted by atomic mass is 9.89. The molecule has 1 N–H and O–H groups in total. The summed E-state index contributed by atoms with van der Waals surface area (Å²) in [5.74, 6) is -0.782. The van der Waals surface area contributed by atoms with E-state index in [-0.39, 0.29) is 5.69 Å². The predicted molar refractivity (Wildman–Crippen MR) is 63.8 cm³/mol. The Morgan fingerprint density at radius 3 is 2.63 bits per heavy atom. The van der Waals surface area contributed by atoms with Crippen LogP contribution >= 0.6 is 23.2 Å². The van der Waals surface area contributed by atoms with Crippen LogP contribution < -0.4 is 0 Å². The maximum atomic E-state index is 12.6. The molecule has 1 atom stereocenters. The van der Waals surface area contributed by atoms with Crippen molar-refractivity contribution < 1.29 is 13.2 Å². The van der Waals surface area contributed by atoms with Gasteiger partial charge in [0.25, 0.3) is 0 Å². The van der Waals surface area contributed by atoms with E-state index in [1.807, 2.05) is 6.07 Å². The molecule has 1 aromatic rings. The molecule has 1 unspecified atom stereocenters. The van der Waals surface area contributed by atoms with E-state index in [2.05, 4.69) is 10.2 Å². The Bertz CT molecular complexity index is 593. The average molecular weight is 308 g/mol. The number of hydrogen-bond donors (Lipinski definition) is 1. The largest absolute Gasteiger partial charge is 0.416 e. The lowest BCUT2D eigenvalue weighted by molar-refractivity contribution is -0.0887. The molecule has 19 heavy (non-hydrogen) atoms. The maximum Gasteiger partial charge on any atom is 0.416 e. The van der Waals surface area contributed by atoms with Crippen molar-refractivity contribution in [1.82, 2.24) is 10.2 Å². The molecule has 3 nitrogen and oxygen atoms in total. The normalized spacial score (nSPS) is 21.9. The Kier molecular flexibility index (Phi) is 3.37. The molecule has 0 aliphatic heterocycles. The summed E-state index contributed by atoms with van der Waals surface area (Å²) in [7, 11) is 0. The second kappa shape index (κ2) is 4.58. The molecule has 0 bridgehead atoms. The number of allylic oxidation sites excluding steroid dienone is 4. The minimum Gasteiger partial charge on any atom is -0.284 e. The Labute approximate surface area is 116 Å². The molecule has 2 rings (SSSR count). The number of alkyl halides is 5. The van der Waals surface area contributed by atoms with Gasteiger partial charge in [0, 0.05) is 17.7 Å². The van der Waals surface area contributed by atoms with Gasteiger partial charge in [-0.3, -0.25) is 5.10 Å². The van der Waals surface area contributed by atoms with Gasteiger partial charge in [-0.05, 0) is 6.08 Å². The van der Waals surface area contributed by atoms with Crippen molar-refractivity contribution in [2.75, 3.05) is 0 Å². The molecule has 0 saturated carbocycles. The monoisotopic (exact) mass is 307 g/mol. The summed E-state index contributed by atoms with van der Waals surface area (Å²) in [6.07, 6.45) is -0.296. The number of halogens is 5. The molecule has 0 amide bonds. The van der Waals surface area contributed by atoms with Crippen LogP contribution in [0, 0.1) is 11.3 Å². The highest BCUT2D eigenvalue weighted by Gasteiger charge is 2.42. The molecule has 0 saturated heterocycles. The minimum absolute atomic E-state index is 0.0455. The van der Waals surface area contributed by atoms with E-state index in [0.717, 1.165) is 12.2 Å².